The first kappa shape index (κ1) is 16.1. The smallest absolute Gasteiger partial charge is 0.175 e. The SMILES string of the molecule is C=CCCCCCOc1c(Br)cc(CN)cc1OC. The minimum Gasteiger partial charge on any atom is -0.493 e. The molecular weight excluding hydrogens is 306 g/mol. The minimum atomic E-state index is 0.483. The van der Waals surface area contributed by atoms with E-state index in [1.165, 1.54) is 0 Å². The lowest BCUT2D eigenvalue weighted by Crippen LogP contribution is -2.02. The molecule has 1 aromatic carbocycles. The molecule has 2 N–H and O–H groups in total. The van der Waals surface area contributed by atoms with Gasteiger partial charge in [-0.2, -0.15) is 0 Å². The third-order valence-electron chi connectivity index (χ3n) is 2.82. The Balaban J connectivity index is 2.54. The van der Waals surface area contributed by atoms with Crippen molar-refractivity contribution in [3.05, 3.63) is 34.8 Å². The second kappa shape index (κ2) is 8.99. The quantitative estimate of drug-likeness (QED) is 0.550. The lowest BCUT2D eigenvalue weighted by atomic mass is 10.2. The Morgan fingerprint density at radius 1 is 1.32 bits per heavy atom. The van der Waals surface area contributed by atoms with Gasteiger partial charge in [0.1, 0.15) is 0 Å². The molecule has 4 heteroatoms. The summed E-state index contributed by atoms with van der Waals surface area (Å²) in [5, 5.41) is 0. The van der Waals surface area contributed by atoms with Crippen molar-refractivity contribution in [3.8, 4) is 11.5 Å². The molecule has 19 heavy (non-hydrogen) atoms. The Kier molecular flexibility index (Phi) is 7.60. The maximum absolute atomic E-state index is 5.80. The van der Waals surface area contributed by atoms with E-state index in [2.05, 4.69) is 22.5 Å². The van der Waals surface area contributed by atoms with Crippen molar-refractivity contribution < 1.29 is 9.47 Å². The van der Waals surface area contributed by atoms with Crippen LogP contribution in [0.25, 0.3) is 0 Å². The molecule has 0 aliphatic heterocycles. The first-order valence-corrected chi connectivity index (χ1v) is 7.32. The van der Waals surface area contributed by atoms with Gasteiger partial charge in [-0.15, -0.1) is 6.58 Å². The zero-order valence-corrected chi connectivity index (χ0v) is 13.0. The number of nitrogens with two attached hydrogens (primary N) is 1. The van der Waals surface area contributed by atoms with E-state index < -0.39 is 0 Å². The highest BCUT2D eigenvalue weighted by molar-refractivity contribution is 9.10. The van der Waals surface area contributed by atoms with Crippen molar-refractivity contribution in [3.63, 3.8) is 0 Å². The molecule has 0 aromatic heterocycles. The second-order valence-corrected chi connectivity index (χ2v) is 5.15. The van der Waals surface area contributed by atoms with Crippen LogP contribution in [0.4, 0.5) is 0 Å². The molecule has 3 nitrogen and oxygen atoms in total. The van der Waals surface area contributed by atoms with Crippen molar-refractivity contribution in [2.45, 2.75) is 32.2 Å². The highest BCUT2D eigenvalue weighted by atomic mass is 79.9. The van der Waals surface area contributed by atoms with Crippen molar-refractivity contribution in [2.75, 3.05) is 13.7 Å². The molecule has 106 valence electrons. The fraction of sp³-hybridized carbons (Fsp3) is 0.467. The molecule has 0 atom stereocenters. The molecule has 0 saturated carbocycles. The third kappa shape index (κ3) is 5.25. The number of ether oxygens (including phenoxy) is 2. The predicted octanol–water partition coefficient (Wildman–Crippen LogP) is 4.04. The number of hydrogen-bond donors (Lipinski definition) is 1. The Morgan fingerprint density at radius 3 is 2.74 bits per heavy atom. The number of hydrogen-bond acceptors (Lipinski definition) is 3. The van der Waals surface area contributed by atoms with Crippen LogP contribution >= 0.6 is 15.9 Å². The lowest BCUT2D eigenvalue weighted by Gasteiger charge is -2.14. The van der Waals surface area contributed by atoms with Gasteiger partial charge in [0.15, 0.2) is 11.5 Å². The Labute approximate surface area is 123 Å². The van der Waals surface area contributed by atoms with Gasteiger partial charge in [0, 0.05) is 6.54 Å². The van der Waals surface area contributed by atoms with E-state index >= 15 is 0 Å². The fourth-order valence-corrected chi connectivity index (χ4v) is 2.38. The van der Waals surface area contributed by atoms with Crippen molar-refractivity contribution in [2.24, 2.45) is 5.73 Å². The summed E-state index contributed by atoms with van der Waals surface area (Å²) >= 11 is 3.50. The molecule has 0 heterocycles. The van der Waals surface area contributed by atoms with Gasteiger partial charge in [0.05, 0.1) is 18.2 Å². The molecule has 0 radical (unpaired) electrons. The first-order valence-electron chi connectivity index (χ1n) is 6.53. The van der Waals surface area contributed by atoms with E-state index in [9.17, 15) is 0 Å². The largest absolute Gasteiger partial charge is 0.493 e. The summed E-state index contributed by atoms with van der Waals surface area (Å²) in [6.45, 7) is 4.88. The van der Waals surface area contributed by atoms with Gasteiger partial charge in [-0.1, -0.05) is 6.08 Å². The number of unbranched alkanes of at least 4 members (excludes halogenated alkanes) is 3. The van der Waals surface area contributed by atoms with Gasteiger partial charge >= 0.3 is 0 Å². The number of rotatable bonds is 9. The van der Waals surface area contributed by atoms with Crippen LogP contribution in [-0.2, 0) is 6.54 Å². The summed E-state index contributed by atoms with van der Waals surface area (Å²) in [5.74, 6) is 1.48. The van der Waals surface area contributed by atoms with E-state index in [1.54, 1.807) is 7.11 Å². The van der Waals surface area contributed by atoms with E-state index in [0.717, 1.165) is 47.2 Å². The van der Waals surface area contributed by atoms with Crippen molar-refractivity contribution in [1.82, 2.24) is 0 Å². The standard InChI is InChI=1S/C15H22BrNO2/c1-3-4-5-6-7-8-19-15-13(16)9-12(11-17)10-14(15)18-2/h3,9-10H,1,4-8,11,17H2,2H3. The van der Waals surface area contributed by atoms with Gasteiger partial charge in [-0.3, -0.25) is 0 Å². The summed E-state index contributed by atoms with van der Waals surface area (Å²) in [6, 6.07) is 3.88. The molecule has 1 aromatic rings. The lowest BCUT2D eigenvalue weighted by molar-refractivity contribution is 0.283. The number of allylic oxidation sites excluding steroid dienone is 1. The minimum absolute atomic E-state index is 0.483. The second-order valence-electron chi connectivity index (χ2n) is 4.30. The summed E-state index contributed by atoms with van der Waals surface area (Å²) in [5.41, 5.74) is 6.65. The summed E-state index contributed by atoms with van der Waals surface area (Å²) in [7, 11) is 1.64. The zero-order chi connectivity index (χ0) is 14.1. The highest BCUT2D eigenvalue weighted by Crippen LogP contribution is 2.36. The van der Waals surface area contributed by atoms with E-state index in [1.807, 2.05) is 18.2 Å². The van der Waals surface area contributed by atoms with Crippen LogP contribution in [0.2, 0.25) is 0 Å². The summed E-state index contributed by atoms with van der Waals surface area (Å²) < 4.78 is 12.0. The number of methoxy groups -OCH3 is 1. The third-order valence-corrected chi connectivity index (χ3v) is 3.41. The van der Waals surface area contributed by atoms with E-state index in [0.29, 0.717) is 13.2 Å². The topological polar surface area (TPSA) is 44.5 Å². The molecular formula is C15H22BrNO2. The molecule has 0 saturated heterocycles. The van der Waals surface area contributed by atoms with Gasteiger partial charge in [-0.25, -0.2) is 0 Å². The summed E-state index contributed by atoms with van der Waals surface area (Å²) in [6.07, 6.45) is 6.36. The zero-order valence-electron chi connectivity index (χ0n) is 11.5. The fourth-order valence-electron chi connectivity index (χ4n) is 1.77. The van der Waals surface area contributed by atoms with Crippen LogP contribution in [0, 0.1) is 0 Å². The molecule has 0 spiro atoms. The molecule has 0 amide bonds. The monoisotopic (exact) mass is 327 g/mol. The maximum atomic E-state index is 5.80. The number of benzene rings is 1. The molecule has 1 rings (SSSR count). The summed E-state index contributed by atoms with van der Waals surface area (Å²) in [4.78, 5) is 0. The predicted molar refractivity (Wildman–Crippen MR) is 82.7 cm³/mol. The van der Waals surface area contributed by atoms with Crippen LogP contribution in [-0.4, -0.2) is 13.7 Å². The molecule has 0 aliphatic rings. The Morgan fingerprint density at radius 2 is 2.11 bits per heavy atom. The van der Waals surface area contributed by atoms with Gasteiger partial charge in [0.2, 0.25) is 0 Å². The van der Waals surface area contributed by atoms with E-state index in [4.69, 9.17) is 15.2 Å². The van der Waals surface area contributed by atoms with Gasteiger partial charge < -0.3 is 15.2 Å². The molecule has 0 unspecified atom stereocenters. The number of halogens is 1. The first-order chi connectivity index (χ1) is 9.22. The van der Waals surface area contributed by atoms with Gasteiger partial charge in [0.25, 0.3) is 0 Å². The normalized spacial score (nSPS) is 10.3. The molecule has 0 aliphatic carbocycles. The van der Waals surface area contributed by atoms with Crippen molar-refractivity contribution >= 4 is 15.9 Å². The van der Waals surface area contributed by atoms with Crippen LogP contribution in [0.15, 0.2) is 29.3 Å². The van der Waals surface area contributed by atoms with Crippen LogP contribution < -0.4 is 15.2 Å². The van der Waals surface area contributed by atoms with Crippen molar-refractivity contribution in [1.29, 1.82) is 0 Å². The molecule has 0 fully saturated rings. The molecule has 0 bridgehead atoms. The van der Waals surface area contributed by atoms with E-state index in [-0.39, 0.29) is 0 Å². The Hall–Kier alpha value is -1.00. The Bertz CT molecular complexity index is 407. The highest BCUT2D eigenvalue weighted by Gasteiger charge is 2.10. The average molecular weight is 328 g/mol. The maximum Gasteiger partial charge on any atom is 0.175 e. The van der Waals surface area contributed by atoms with Crippen LogP contribution in [0.5, 0.6) is 11.5 Å². The van der Waals surface area contributed by atoms with Gasteiger partial charge in [-0.05, 0) is 59.3 Å². The average Bonchev–Trinajstić information content (AvgIpc) is 2.43. The van der Waals surface area contributed by atoms with Crippen LogP contribution in [0.1, 0.15) is 31.2 Å². The van der Waals surface area contributed by atoms with Crippen LogP contribution in [0.3, 0.4) is 0 Å².